The van der Waals surface area contributed by atoms with Crippen molar-refractivity contribution in [1.82, 2.24) is 10.6 Å². The van der Waals surface area contributed by atoms with E-state index in [2.05, 4.69) is 57.0 Å². The van der Waals surface area contributed by atoms with Crippen LogP contribution in [0, 0.1) is 0 Å². The molecule has 3 rings (SSSR count). The molecule has 1 aromatic heterocycles. The van der Waals surface area contributed by atoms with Gasteiger partial charge in [-0.15, -0.1) is 11.3 Å². The normalized spacial score (nSPS) is 19.1. The molecule has 2 N–H and O–H groups in total. The number of hydrogen-bond donors (Lipinski definition) is 2. The van der Waals surface area contributed by atoms with Gasteiger partial charge in [-0.05, 0) is 41.0 Å². The van der Waals surface area contributed by atoms with E-state index in [9.17, 15) is 0 Å². The summed E-state index contributed by atoms with van der Waals surface area (Å²) in [6.07, 6.45) is 2.67. The van der Waals surface area contributed by atoms with E-state index in [-0.39, 0.29) is 0 Å². The number of hydrogen-bond acceptors (Lipinski definition) is 3. The second kappa shape index (κ2) is 7.18. The van der Waals surface area contributed by atoms with E-state index in [4.69, 9.17) is 0 Å². The molecule has 1 saturated heterocycles. The number of thioether (sulfide) groups is 1. The van der Waals surface area contributed by atoms with Crippen molar-refractivity contribution >= 4 is 39.1 Å². The fourth-order valence-corrected chi connectivity index (χ4v) is 4.75. The second-order valence-corrected chi connectivity index (χ2v) is 7.52. The predicted octanol–water partition coefficient (Wildman–Crippen LogP) is 3.46. The molecule has 0 bridgehead atoms. The molecule has 0 amide bonds. The van der Waals surface area contributed by atoms with Crippen molar-refractivity contribution in [2.75, 3.05) is 19.3 Å². The van der Waals surface area contributed by atoms with Gasteiger partial charge in [0, 0.05) is 30.1 Å². The summed E-state index contributed by atoms with van der Waals surface area (Å²) in [6.45, 7) is 1.83. The zero-order valence-electron chi connectivity index (χ0n) is 12.3. The fraction of sp³-hybridized carbons (Fsp3) is 0.438. The lowest BCUT2D eigenvalue weighted by atomic mass is 10.2. The number of rotatable bonds is 4. The van der Waals surface area contributed by atoms with E-state index in [1.807, 2.05) is 7.05 Å². The van der Waals surface area contributed by atoms with Crippen molar-refractivity contribution in [3.05, 3.63) is 35.2 Å². The zero-order valence-corrected chi connectivity index (χ0v) is 13.9. The van der Waals surface area contributed by atoms with Gasteiger partial charge in [-0.1, -0.05) is 18.2 Å². The van der Waals surface area contributed by atoms with Crippen LogP contribution in [0.15, 0.2) is 34.6 Å². The molecule has 2 heterocycles. The summed E-state index contributed by atoms with van der Waals surface area (Å²) >= 11 is 3.87. The third kappa shape index (κ3) is 3.71. The highest BCUT2D eigenvalue weighted by Crippen LogP contribution is 2.26. The van der Waals surface area contributed by atoms with Crippen molar-refractivity contribution in [3.63, 3.8) is 0 Å². The van der Waals surface area contributed by atoms with Crippen LogP contribution in [0.4, 0.5) is 0 Å². The van der Waals surface area contributed by atoms with Crippen molar-refractivity contribution in [3.8, 4) is 0 Å². The van der Waals surface area contributed by atoms with E-state index >= 15 is 0 Å². The molecule has 5 heteroatoms. The predicted molar refractivity (Wildman–Crippen MR) is 95.5 cm³/mol. The minimum Gasteiger partial charge on any atom is -0.355 e. The van der Waals surface area contributed by atoms with E-state index in [0.29, 0.717) is 0 Å². The first-order chi connectivity index (χ1) is 10.4. The summed E-state index contributed by atoms with van der Waals surface area (Å²) in [5.74, 6) is 2.21. The first-order valence-corrected chi connectivity index (χ1v) is 9.31. The van der Waals surface area contributed by atoms with Gasteiger partial charge in [0.1, 0.15) is 0 Å². The van der Waals surface area contributed by atoms with Crippen molar-refractivity contribution in [1.29, 1.82) is 0 Å². The lowest BCUT2D eigenvalue weighted by Crippen LogP contribution is -2.39. The smallest absolute Gasteiger partial charge is 0.191 e. The molecule has 112 valence electrons. The van der Waals surface area contributed by atoms with Crippen LogP contribution in [0.3, 0.4) is 0 Å². The van der Waals surface area contributed by atoms with Gasteiger partial charge < -0.3 is 10.6 Å². The number of fused-ring (bicyclic) bond motifs is 1. The van der Waals surface area contributed by atoms with Crippen LogP contribution in [0.2, 0.25) is 0 Å². The third-order valence-corrected chi connectivity index (χ3v) is 6.16. The van der Waals surface area contributed by atoms with Crippen molar-refractivity contribution in [2.45, 2.75) is 24.6 Å². The Morgan fingerprint density at radius 3 is 3.05 bits per heavy atom. The molecular formula is C16H21N3S2. The summed E-state index contributed by atoms with van der Waals surface area (Å²) in [6, 6.07) is 8.56. The number of thiophene rings is 1. The lowest BCUT2D eigenvalue weighted by Gasteiger charge is -2.14. The fourth-order valence-electron chi connectivity index (χ4n) is 2.59. The molecule has 0 aliphatic carbocycles. The Balaban J connectivity index is 1.55. The average molecular weight is 319 g/mol. The minimum atomic E-state index is 0.741. The van der Waals surface area contributed by atoms with Gasteiger partial charge in [0.15, 0.2) is 5.96 Å². The molecule has 1 aliphatic rings. The summed E-state index contributed by atoms with van der Waals surface area (Å²) in [5, 5.41) is 11.2. The van der Waals surface area contributed by atoms with E-state index in [1.54, 1.807) is 11.3 Å². The highest BCUT2D eigenvalue weighted by atomic mass is 32.2. The molecule has 1 aromatic carbocycles. The molecular weight excluding hydrogens is 298 g/mol. The van der Waals surface area contributed by atoms with Gasteiger partial charge in [0.25, 0.3) is 0 Å². The highest BCUT2D eigenvalue weighted by Gasteiger charge is 2.15. The zero-order chi connectivity index (χ0) is 14.5. The molecule has 3 nitrogen and oxygen atoms in total. The summed E-state index contributed by atoms with van der Waals surface area (Å²) < 4.78 is 1.35. The van der Waals surface area contributed by atoms with Crippen molar-refractivity contribution in [2.24, 2.45) is 4.99 Å². The molecule has 1 unspecified atom stereocenters. The van der Waals surface area contributed by atoms with Gasteiger partial charge in [-0.25, -0.2) is 0 Å². The largest absolute Gasteiger partial charge is 0.355 e. The Morgan fingerprint density at radius 1 is 1.33 bits per heavy atom. The number of benzene rings is 1. The summed E-state index contributed by atoms with van der Waals surface area (Å²) in [7, 11) is 1.84. The third-order valence-electron chi connectivity index (χ3n) is 3.75. The molecule has 0 spiro atoms. The Kier molecular flexibility index (Phi) is 5.04. The maximum Gasteiger partial charge on any atom is 0.191 e. The minimum absolute atomic E-state index is 0.741. The molecule has 21 heavy (non-hydrogen) atoms. The highest BCUT2D eigenvalue weighted by molar-refractivity contribution is 8.00. The molecule has 0 saturated carbocycles. The molecule has 1 atom stereocenters. The monoisotopic (exact) mass is 319 g/mol. The van der Waals surface area contributed by atoms with E-state index in [1.165, 1.54) is 34.2 Å². The topological polar surface area (TPSA) is 36.4 Å². The quantitative estimate of drug-likeness (QED) is 0.669. The molecule has 1 fully saturated rings. The Bertz CT molecular complexity index is 615. The first kappa shape index (κ1) is 14.7. The molecule has 1 aliphatic heterocycles. The molecule has 0 radical (unpaired) electrons. The number of guanidine groups is 1. The number of nitrogens with one attached hydrogen (secondary N) is 2. The van der Waals surface area contributed by atoms with Gasteiger partial charge in [0.05, 0.1) is 0 Å². The summed E-state index contributed by atoms with van der Waals surface area (Å²) in [4.78, 5) is 4.32. The van der Waals surface area contributed by atoms with Crippen LogP contribution in [0.1, 0.15) is 18.4 Å². The maximum atomic E-state index is 4.32. The van der Waals surface area contributed by atoms with Gasteiger partial charge in [-0.2, -0.15) is 11.8 Å². The Morgan fingerprint density at radius 2 is 2.24 bits per heavy atom. The standard InChI is InChI=1S/C16H21N3S2/c1-17-16(19-10-13-5-4-8-20-13)18-9-12-11-21-15-7-3-2-6-14(12)15/h2-3,6-7,11,13H,4-5,8-10H2,1H3,(H2,17,18,19). The Labute approximate surface area is 134 Å². The molecule has 2 aromatic rings. The van der Waals surface area contributed by atoms with E-state index in [0.717, 1.165) is 24.3 Å². The van der Waals surface area contributed by atoms with Crippen LogP contribution in [0.5, 0.6) is 0 Å². The van der Waals surface area contributed by atoms with E-state index < -0.39 is 0 Å². The number of nitrogens with zero attached hydrogens (tertiary/aromatic N) is 1. The SMILES string of the molecule is CN=C(NCc1csc2ccccc12)NCC1CCCS1. The van der Waals surface area contributed by atoms with Crippen LogP contribution in [-0.4, -0.2) is 30.6 Å². The van der Waals surface area contributed by atoms with Gasteiger partial charge in [0.2, 0.25) is 0 Å². The second-order valence-electron chi connectivity index (χ2n) is 5.20. The average Bonchev–Trinajstić information content (AvgIpc) is 3.17. The van der Waals surface area contributed by atoms with Crippen LogP contribution in [-0.2, 0) is 6.54 Å². The van der Waals surface area contributed by atoms with Crippen LogP contribution < -0.4 is 10.6 Å². The lowest BCUT2D eigenvalue weighted by molar-refractivity contribution is 0.726. The van der Waals surface area contributed by atoms with Crippen molar-refractivity contribution < 1.29 is 0 Å². The summed E-state index contributed by atoms with van der Waals surface area (Å²) in [5.41, 5.74) is 1.34. The Hall–Kier alpha value is -1.20. The maximum absolute atomic E-state index is 4.32. The number of aliphatic imine (C=N–C) groups is 1. The van der Waals surface area contributed by atoms with Crippen LogP contribution in [0.25, 0.3) is 10.1 Å². The first-order valence-electron chi connectivity index (χ1n) is 7.38. The van der Waals surface area contributed by atoms with Gasteiger partial charge >= 0.3 is 0 Å². The van der Waals surface area contributed by atoms with Crippen LogP contribution >= 0.6 is 23.1 Å². The van der Waals surface area contributed by atoms with Gasteiger partial charge in [-0.3, -0.25) is 4.99 Å².